The lowest BCUT2D eigenvalue weighted by Crippen LogP contribution is -2.36. The molecule has 4 rings (SSSR count). The van der Waals surface area contributed by atoms with Crippen LogP contribution in [0.2, 0.25) is 0 Å². The van der Waals surface area contributed by atoms with Crippen molar-refractivity contribution in [1.29, 1.82) is 0 Å². The van der Waals surface area contributed by atoms with Crippen LogP contribution >= 0.6 is 0 Å². The molecule has 0 spiro atoms. The third-order valence-electron chi connectivity index (χ3n) is 5.84. The highest BCUT2D eigenvalue weighted by atomic mass is 19.4. The molecule has 11 heteroatoms. The minimum absolute atomic E-state index is 0.0416. The Kier molecular flexibility index (Phi) is 6.42. The lowest BCUT2D eigenvalue weighted by Gasteiger charge is -2.34. The Bertz CT molecular complexity index is 1250. The van der Waals surface area contributed by atoms with Gasteiger partial charge in [-0.2, -0.15) is 18.3 Å². The van der Waals surface area contributed by atoms with Crippen LogP contribution in [0.15, 0.2) is 48.7 Å². The molecule has 0 saturated carbocycles. The van der Waals surface area contributed by atoms with Crippen molar-refractivity contribution in [3.63, 3.8) is 0 Å². The van der Waals surface area contributed by atoms with Crippen LogP contribution in [-0.4, -0.2) is 41.9 Å². The lowest BCUT2D eigenvalue weighted by molar-refractivity contribution is -0.173. The fourth-order valence-corrected chi connectivity index (χ4v) is 4.00. The number of Topliss-reactive ketones (excluding diaryl/α,β-unsaturated/α-hetero) is 1. The number of nitrogens with zero attached hydrogens (tertiary/aromatic N) is 2. The molecule has 0 radical (unpaired) electrons. The molecule has 3 aromatic rings. The molecule has 8 nitrogen and oxygen atoms in total. The Balaban J connectivity index is 1.67. The van der Waals surface area contributed by atoms with E-state index in [0.29, 0.717) is 28.3 Å². The van der Waals surface area contributed by atoms with Gasteiger partial charge in [-0.3, -0.25) is 9.59 Å². The number of aromatic nitrogens is 2. The monoisotopic (exact) mass is 488 g/mol. The van der Waals surface area contributed by atoms with E-state index in [4.69, 9.17) is 9.47 Å². The van der Waals surface area contributed by atoms with E-state index in [-0.39, 0.29) is 23.6 Å². The van der Waals surface area contributed by atoms with Gasteiger partial charge in [0.05, 0.1) is 26.5 Å². The number of halogens is 3. The lowest BCUT2D eigenvalue weighted by atomic mass is 9.96. The summed E-state index contributed by atoms with van der Waals surface area (Å²) < 4.78 is 53.2. The van der Waals surface area contributed by atoms with E-state index in [9.17, 15) is 22.8 Å². The number of rotatable bonds is 6. The molecule has 2 atom stereocenters. The first-order chi connectivity index (χ1) is 16.6. The average Bonchev–Trinajstić information content (AvgIpc) is 3.26. The molecule has 2 unspecified atom stereocenters. The second-order valence-electron chi connectivity index (χ2n) is 8.04. The van der Waals surface area contributed by atoms with E-state index in [1.54, 1.807) is 42.5 Å². The number of carbonyl (C=O) groups excluding carboxylic acids is 2. The summed E-state index contributed by atoms with van der Waals surface area (Å²) in [6.07, 6.45) is -3.81. The zero-order chi connectivity index (χ0) is 25.3. The molecule has 1 aromatic heterocycles. The van der Waals surface area contributed by atoms with E-state index in [1.165, 1.54) is 21.1 Å². The maximum absolute atomic E-state index is 14.0. The summed E-state index contributed by atoms with van der Waals surface area (Å²) in [5.41, 5.74) is 1.36. The van der Waals surface area contributed by atoms with Crippen molar-refractivity contribution < 1.29 is 32.2 Å². The van der Waals surface area contributed by atoms with Gasteiger partial charge in [-0.05, 0) is 48.9 Å². The highest BCUT2D eigenvalue weighted by molar-refractivity contribution is 6.07. The van der Waals surface area contributed by atoms with Gasteiger partial charge in [0.25, 0.3) is 5.91 Å². The first-order valence-electron chi connectivity index (χ1n) is 10.7. The second-order valence-corrected chi connectivity index (χ2v) is 8.04. The number of hydrogen-bond acceptors (Lipinski definition) is 6. The van der Waals surface area contributed by atoms with Gasteiger partial charge in [-0.1, -0.05) is 6.07 Å². The topological polar surface area (TPSA) is 94.5 Å². The zero-order valence-corrected chi connectivity index (χ0v) is 19.1. The first-order valence-corrected chi connectivity index (χ1v) is 10.7. The molecule has 1 aliphatic rings. The van der Waals surface area contributed by atoms with Gasteiger partial charge >= 0.3 is 6.18 Å². The molecule has 2 N–H and O–H groups in total. The average molecular weight is 488 g/mol. The number of ketones is 1. The zero-order valence-electron chi connectivity index (χ0n) is 19.1. The van der Waals surface area contributed by atoms with Gasteiger partial charge in [0.15, 0.2) is 23.3 Å². The van der Waals surface area contributed by atoms with Crippen LogP contribution in [-0.2, 0) is 0 Å². The molecule has 0 fully saturated rings. The van der Waals surface area contributed by atoms with Crippen LogP contribution in [0.4, 0.5) is 24.7 Å². The summed E-state index contributed by atoms with van der Waals surface area (Å²) >= 11 is 0. The van der Waals surface area contributed by atoms with E-state index in [0.717, 1.165) is 10.9 Å². The molecule has 0 aliphatic carbocycles. The molecule has 2 heterocycles. The molecule has 0 saturated heterocycles. The van der Waals surface area contributed by atoms with E-state index < -0.39 is 24.2 Å². The van der Waals surface area contributed by atoms with Crippen molar-refractivity contribution in [1.82, 2.24) is 9.78 Å². The highest BCUT2D eigenvalue weighted by Crippen LogP contribution is 2.45. The molecule has 2 aromatic carbocycles. The summed E-state index contributed by atoms with van der Waals surface area (Å²) in [5, 5.41) is 9.56. The van der Waals surface area contributed by atoms with Crippen LogP contribution in [0.3, 0.4) is 0 Å². The number of ether oxygens (including phenoxy) is 2. The Hall–Kier alpha value is -4.02. The van der Waals surface area contributed by atoms with Crippen molar-refractivity contribution in [2.45, 2.75) is 31.6 Å². The minimum atomic E-state index is -4.59. The molecular weight excluding hydrogens is 465 g/mol. The van der Waals surface area contributed by atoms with Crippen molar-refractivity contribution in [3.05, 3.63) is 65.4 Å². The number of hydrogen-bond donors (Lipinski definition) is 2. The second kappa shape index (κ2) is 9.32. The van der Waals surface area contributed by atoms with E-state index in [2.05, 4.69) is 15.7 Å². The number of methoxy groups -OCH3 is 2. The quantitative estimate of drug-likeness (QED) is 0.474. The molecule has 1 amide bonds. The van der Waals surface area contributed by atoms with Crippen molar-refractivity contribution in [2.75, 3.05) is 24.9 Å². The number of benzene rings is 2. The summed E-state index contributed by atoms with van der Waals surface area (Å²) in [6, 6.07) is 8.35. The van der Waals surface area contributed by atoms with Crippen LogP contribution in [0, 0.1) is 0 Å². The van der Waals surface area contributed by atoms with Crippen molar-refractivity contribution >= 4 is 23.2 Å². The number of alkyl halides is 3. The summed E-state index contributed by atoms with van der Waals surface area (Å²) in [7, 11) is 2.90. The minimum Gasteiger partial charge on any atom is -0.493 e. The fraction of sp³-hybridized carbons (Fsp3) is 0.292. The van der Waals surface area contributed by atoms with Gasteiger partial charge < -0.3 is 20.1 Å². The predicted molar refractivity (Wildman–Crippen MR) is 122 cm³/mol. The molecule has 184 valence electrons. The van der Waals surface area contributed by atoms with Crippen LogP contribution in [0.1, 0.15) is 51.7 Å². The Morgan fingerprint density at radius 2 is 1.77 bits per heavy atom. The van der Waals surface area contributed by atoms with Crippen molar-refractivity contribution in [3.8, 4) is 11.5 Å². The van der Waals surface area contributed by atoms with Gasteiger partial charge in [0.1, 0.15) is 11.4 Å². The number of nitrogens with one attached hydrogen (secondary N) is 2. The normalized spacial score (nSPS) is 17.2. The smallest absolute Gasteiger partial charge is 0.410 e. The summed E-state index contributed by atoms with van der Waals surface area (Å²) in [4.78, 5) is 24.4. The maximum Gasteiger partial charge on any atom is 0.410 e. The third kappa shape index (κ3) is 4.79. The summed E-state index contributed by atoms with van der Waals surface area (Å²) in [6.45, 7) is 1.42. The van der Waals surface area contributed by atoms with Gasteiger partial charge in [0, 0.05) is 17.7 Å². The Morgan fingerprint density at radius 3 is 2.37 bits per heavy atom. The largest absolute Gasteiger partial charge is 0.493 e. The first kappa shape index (κ1) is 24.1. The van der Waals surface area contributed by atoms with Crippen molar-refractivity contribution in [2.24, 2.45) is 0 Å². The third-order valence-corrected chi connectivity index (χ3v) is 5.84. The van der Waals surface area contributed by atoms with Crippen LogP contribution < -0.4 is 20.1 Å². The van der Waals surface area contributed by atoms with Gasteiger partial charge in [0.2, 0.25) is 0 Å². The predicted octanol–water partition coefficient (Wildman–Crippen LogP) is 5.02. The van der Waals surface area contributed by atoms with Gasteiger partial charge in [-0.25, -0.2) is 4.68 Å². The fourth-order valence-electron chi connectivity index (χ4n) is 4.00. The summed E-state index contributed by atoms with van der Waals surface area (Å²) in [5.74, 6) is 0.0124. The van der Waals surface area contributed by atoms with E-state index >= 15 is 0 Å². The number of fused-ring (bicyclic) bond motifs is 1. The molecule has 0 bridgehead atoms. The van der Waals surface area contributed by atoms with Crippen LogP contribution in [0.25, 0.3) is 0 Å². The van der Waals surface area contributed by atoms with E-state index in [1.807, 2.05) is 0 Å². The number of amides is 1. The van der Waals surface area contributed by atoms with Crippen LogP contribution in [0.5, 0.6) is 11.5 Å². The number of carbonyl (C=O) groups is 2. The molecule has 1 aliphatic heterocycles. The Morgan fingerprint density at radius 1 is 1.09 bits per heavy atom. The van der Waals surface area contributed by atoms with Gasteiger partial charge in [-0.15, -0.1) is 0 Å². The Labute approximate surface area is 199 Å². The molecule has 35 heavy (non-hydrogen) atoms. The maximum atomic E-state index is 14.0. The SMILES string of the molecule is COc1ccc(C2CC(C(F)(F)F)n3ncc(C(=O)Nc4ccc(C(C)=O)cc4)c3N2)cc1OC. The highest BCUT2D eigenvalue weighted by Gasteiger charge is 2.47. The number of anilines is 2. The molecular formula is C24H23F3N4O4. The standard InChI is InChI=1S/C24H23F3N4O4/c1-13(32)14-4-7-16(8-5-14)29-23(33)17-12-28-31-21(24(25,26)27)11-18(30-22(17)31)15-6-9-19(34-2)20(10-15)35-3/h4-10,12,18,21,30H,11H2,1-3H3,(H,29,33).